The zero-order valence-corrected chi connectivity index (χ0v) is 17.8. The third-order valence-corrected chi connectivity index (χ3v) is 5.85. The lowest BCUT2D eigenvalue weighted by Gasteiger charge is -2.28. The van der Waals surface area contributed by atoms with Gasteiger partial charge in [-0.25, -0.2) is 4.68 Å². The van der Waals surface area contributed by atoms with E-state index < -0.39 is 11.9 Å². The number of anilines is 2. The fourth-order valence-corrected chi connectivity index (χ4v) is 4.19. The summed E-state index contributed by atoms with van der Waals surface area (Å²) in [5, 5.41) is 8.49. The van der Waals surface area contributed by atoms with Crippen molar-refractivity contribution in [2.24, 2.45) is 5.73 Å². The van der Waals surface area contributed by atoms with E-state index in [4.69, 9.17) is 5.73 Å². The molecule has 3 heterocycles. The average Bonchev–Trinajstić information content (AvgIpc) is 3.14. The first-order valence-corrected chi connectivity index (χ1v) is 10.5. The Morgan fingerprint density at radius 3 is 2.53 bits per heavy atom. The van der Waals surface area contributed by atoms with Gasteiger partial charge in [0.05, 0.1) is 5.57 Å². The van der Waals surface area contributed by atoms with Crippen molar-refractivity contribution in [2.45, 2.75) is 23.9 Å². The van der Waals surface area contributed by atoms with E-state index in [9.17, 15) is 4.79 Å². The first-order chi connectivity index (χ1) is 14.4. The summed E-state index contributed by atoms with van der Waals surface area (Å²) in [7, 11) is 3.97. The van der Waals surface area contributed by atoms with Crippen LogP contribution >= 0.6 is 11.8 Å². The number of amides is 1. The number of primary amides is 1. The molecule has 0 saturated carbocycles. The van der Waals surface area contributed by atoms with Gasteiger partial charge < -0.3 is 16.0 Å². The number of nitrogens with two attached hydrogens (primary N) is 1. The molecule has 1 aliphatic heterocycles. The Hall–Kier alpha value is -3.33. The topological polar surface area (TPSA) is 102 Å². The summed E-state index contributed by atoms with van der Waals surface area (Å²) in [5.41, 5.74) is 10.0. The molecule has 30 heavy (non-hydrogen) atoms. The average molecular weight is 422 g/mol. The van der Waals surface area contributed by atoms with Crippen molar-refractivity contribution >= 4 is 29.3 Å². The van der Waals surface area contributed by atoms with Crippen LogP contribution in [0.4, 0.5) is 11.6 Å². The normalized spacial score (nSPS) is 15.5. The van der Waals surface area contributed by atoms with Gasteiger partial charge in [-0.2, -0.15) is 4.98 Å². The molecule has 0 fully saturated rings. The highest BCUT2D eigenvalue weighted by Gasteiger charge is 2.33. The van der Waals surface area contributed by atoms with Crippen LogP contribution in [0.3, 0.4) is 0 Å². The van der Waals surface area contributed by atoms with Gasteiger partial charge in [0.15, 0.2) is 0 Å². The SMILES string of the molecule is CC1=C(C(N)=O)C(c2ccc(N(C)C)cc2)n2nc(SCc3ccncc3)nc2N1. The van der Waals surface area contributed by atoms with Gasteiger partial charge in [-0.15, -0.1) is 5.10 Å². The molecule has 0 aliphatic carbocycles. The fourth-order valence-electron chi connectivity index (χ4n) is 3.40. The van der Waals surface area contributed by atoms with Gasteiger partial charge in [0.1, 0.15) is 6.04 Å². The highest BCUT2D eigenvalue weighted by atomic mass is 32.2. The van der Waals surface area contributed by atoms with E-state index in [0.717, 1.165) is 22.6 Å². The Kier molecular flexibility index (Phi) is 5.45. The molecule has 3 aromatic rings. The van der Waals surface area contributed by atoms with Crippen LogP contribution in [-0.2, 0) is 10.5 Å². The minimum absolute atomic E-state index is 0.433. The van der Waals surface area contributed by atoms with Gasteiger partial charge in [0.2, 0.25) is 17.0 Å². The van der Waals surface area contributed by atoms with Gasteiger partial charge in [0.25, 0.3) is 0 Å². The molecule has 3 N–H and O–H groups in total. The zero-order valence-electron chi connectivity index (χ0n) is 17.0. The lowest BCUT2D eigenvalue weighted by Crippen LogP contribution is -2.31. The van der Waals surface area contributed by atoms with Crippen molar-refractivity contribution < 1.29 is 4.79 Å². The van der Waals surface area contributed by atoms with Gasteiger partial charge >= 0.3 is 0 Å². The second-order valence-corrected chi connectivity index (χ2v) is 8.17. The highest BCUT2D eigenvalue weighted by Crippen LogP contribution is 2.36. The minimum Gasteiger partial charge on any atom is -0.378 e. The molecule has 0 radical (unpaired) electrons. The molecule has 2 aromatic heterocycles. The van der Waals surface area contributed by atoms with Crippen molar-refractivity contribution in [3.05, 3.63) is 71.2 Å². The number of hydrogen-bond donors (Lipinski definition) is 2. The lowest BCUT2D eigenvalue weighted by molar-refractivity contribution is -0.115. The largest absolute Gasteiger partial charge is 0.378 e. The van der Waals surface area contributed by atoms with Crippen molar-refractivity contribution in [1.29, 1.82) is 0 Å². The maximum Gasteiger partial charge on any atom is 0.248 e. The van der Waals surface area contributed by atoms with Crippen LogP contribution in [-0.4, -0.2) is 39.8 Å². The van der Waals surface area contributed by atoms with Crippen molar-refractivity contribution in [3.8, 4) is 0 Å². The monoisotopic (exact) mass is 421 g/mol. The molecule has 0 saturated heterocycles. The molecular formula is C21H23N7OS. The Balaban J connectivity index is 1.69. The van der Waals surface area contributed by atoms with E-state index in [-0.39, 0.29) is 0 Å². The predicted molar refractivity (Wildman–Crippen MR) is 118 cm³/mol. The van der Waals surface area contributed by atoms with Gasteiger partial charge in [-0.05, 0) is 42.3 Å². The summed E-state index contributed by atoms with van der Waals surface area (Å²) in [6.45, 7) is 1.84. The molecule has 8 nitrogen and oxygen atoms in total. The van der Waals surface area contributed by atoms with E-state index in [1.54, 1.807) is 17.1 Å². The van der Waals surface area contributed by atoms with Gasteiger partial charge in [0, 0.05) is 43.6 Å². The highest BCUT2D eigenvalue weighted by molar-refractivity contribution is 7.98. The molecular weight excluding hydrogens is 398 g/mol. The number of carbonyl (C=O) groups is 1. The van der Waals surface area contributed by atoms with Gasteiger partial charge in [-0.1, -0.05) is 23.9 Å². The summed E-state index contributed by atoms with van der Waals surface area (Å²) >= 11 is 1.53. The molecule has 1 aromatic carbocycles. The number of thioether (sulfide) groups is 1. The number of nitrogens with one attached hydrogen (secondary N) is 1. The van der Waals surface area contributed by atoms with Crippen LogP contribution in [0.1, 0.15) is 24.1 Å². The number of fused-ring (bicyclic) bond motifs is 1. The van der Waals surface area contributed by atoms with Crippen molar-refractivity contribution in [3.63, 3.8) is 0 Å². The number of nitrogens with zero attached hydrogens (tertiary/aromatic N) is 5. The Labute approximate surface area is 179 Å². The number of carbonyl (C=O) groups excluding carboxylic acids is 1. The van der Waals surface area contributed by atoms with Crippen LogP contribution in [0.2, 0.25) is 0 Å². The van der Waals surface area contributed by atoms with E-state index >= 15 is 0 Å². The summed E-state index contributed by atoms with van der Waals surface area (Å²) in [4.78, 5) is 23.0. The Morgan fingerprint density at radius 1 is 1.20 bits per heavy atom. The maximum absolute atomic E-state index is 12.3. The molecule has 1 atom stereocenters. The summed E-state index contributed by atoms with van der Waals surface area (Å²) in [6.07, 6.45) is 3.53. The Bertz CT molecular complexity index is 1090. The molecule has 1 amide bonds. The number of pyridine rings is 1. The zero-order chi connectivity index (χ0) is 21.3. The van der Waals surface area contributed by atoms with Crippen molar-refractivity contribution in [2.75, 3.05) is 24.3 Å². The molecule has 9 heteroatoms. The molecule has 154 valence electrons. The minimum atomic E-state index is -0.478. The number of aromatic nitrogens is 4. The third kappa shape index (κ3) is 3.88. The number of rotatable bonds is 6. The van der Waals surface area contributed by atoms with E-state index in [1.807, 2.05) is 62.3 Å². The van der Waals surface area contributed by atoms with E-state index in [2.05, 4.69) is 20.4 Å². The van der Waals surface area contributed by atoms with Crippen LogP contribution in [0, 0.1) is 0 Å². The molecule has 0 bridgehead atoms. The maximum atomic E-state index is 12.3. The van der Waals surface area contributed by atoms with Crippen LogP contribution in [0.15, 0.2) is 65.2 Å². The summed E-state index contributed by atoms with van der Waals surface area (Å²) in [6, 6.07) is 11.5. The van der Waals surface area contributed by atoms with Crippen LogP contribution in [0.5, 0.6) is 0 Å². The Morgan fingerprint density at radius 2 is 1.90 bits per heavy atom. The first kappa shape index (κ1) is 20.0. The number of benzene rings is 1. The quantitative estimate of drug-likeness (QED) is 0.590. The summed E-state index contributed by atoms with van der Waals surface area (Å²) in [5.74, 6) is 0.841. The van der Waals surface area contributed by atoms with Crippen LogP contribution < -0.4 is 16.0 Å². The van der Waals surface area contributed by atoms with Crippen molar-refractivity contribution in [1.82, 2.24) is 19.7 Å². The predicted octanol–water partition coefficient (Wildman–Crippen LogP) is 2.81. The van der Waals surface area contributed by atoms with E-state index in [0.29, 0.717) is 22.4 Å². The third-order valence-electron chi connectivity index (χ3n) is 4.94. The molecule has 1 aliphatic rings. The van der Waals surface area contributed by atoms with Crippen LogP contribution in [0.25, 0.3) is 0 Å². The van der Waals surface area contributed by atoms with Gasteiger partial charge in [-0.3, -0.25) is 9.78 Å². The fraction of sp³-hybridized carbons (Fsp3) is 0.238. The first-order valence-electron chi connectivity index (χ1n) is 9.47. The lowest BCUT2D eigenvalue weighted by atomic mass is 9.95. The molecule has 0 spiro atoms. The second-order valence-electron chi connectivity index (χ2n) is 7.22. The molecule has 4 rings (SSSR count). The standard InChI is InChI=1S/C21H23N7OS/c1-13-17(19(22)29)18(15-4-6-16(7-5-15)27(2)3)28-20(24-13)25-21(26-28)30-12-14-8-10-23-11-9-14/h4-11,18H,12H2,1-3H3,(H2,22,29)(H,24,25,26). The number of allylic oxidation sites excluding steroid dienone is 1. The molecule has 1 unspecified atom stereocenters. The van der Waals surface area contributed by atoms with E-state index in [1.165, 1.54) is 11.8 Å². The smallest absolute Gasteiger partial charge is 0.248 e. The summed E-state index contributed by atoms with van der Waals surface area (Å²) < 4.78 is 1.74. The second kappa shape index (κ2) is 8.19. The number of hydrogen-bond acceptors (Lipinski definition) is 7.